The summed E-state index contributed by atoms with van der Waals surface area (Å²) in [6, 6.07) is 2.30. The Morgan fingerprint density at radius 1 is 1.43 bits per heavy atom. The average molecular weight is 315 g/mol. The minimum atomic E-state index is -1.06. The standard InChI is InChI=1S/C13H17NO6S/c1-8(15)14-10(12(16)17)5-6-21-7-9-3-4-11(20-9)13(18)19-2/h3-4,10H,5-7H2,1-2H3,(H,14,15)(H,16,17). The molecule has 0 radical (unpaired) electrons. The molecule has 1 aromatic rings. The number of hydrogen-bond acceptors (Lipinski definition) is 6. The van der Waals surface area contributed by atoms with Gasteiger partial charge in [-0.3, -0.25) is 4.79 Å². The largest absolute Gasteiger partial charge is 0.480 e. The van der Waals surface area contributed by atoms with Crippen LogP contribution in [0.5, 0.6) is 0 Å². The fourth-order valence-electron chi connectivity index (χ4n) is 1.54. The van der Waals surface area contributed by atoms with Crippen LogP contribution in [0.15, 0.2) is 16.5 Å². The number of methoxy groups -OCH3 is 1. The number of furan rings is 1. The number of ether oxygens (including phenoxy) is 1. The van der Waals surface area contributed by atoms with E-state index in [2.05, 4.69) is 10.1 Å². The number of esters is 1. The molecule has 0 aliphatic heterocycles. The lowest BCUT2D eigenvalue weighted by molar-refractivity contribution is -0.141. The van der Waals surface area contributed by atoms with Crippen molar-refractivity contribution in [2.45, 2.75) is 25.1 Å². The fraction of sp³-hybridized carbons (Fsp3) is 0.462. The first-order chi connectivity index (χ1) is 9.93. The molecule has 0 saturated carbocycles. The third kappa shape index (κ3) is 5.90. The van der Waals surface area contributed by atoms with E-state index < -0.39 is 18.0 Å². The molecular formula is C13H17NO6S. The maximum Gasteiger partial charge on any atom is 0.373 e. The van der Waals surface area contributed by atoms with E-state index in [0.717, 1.165) is 0 Å². The van der Waals surface area contributed by atoms with Gasteiger partial charge in [-0.2, -0.15) is 11.8 Å². The van der Waals surface area contributed by atoms with E-state index in [-0.39, 0.29) is 11.7 Å². The molecule has 0 saturated heterocycles. The third-order valence-corrected chi connectivity index (χ3v) is 3.53. The highest BCUT2D eigenvalue weighted by Crippen LogP contribution is 2.17. The molecule has 0 aromatic carbocycles. The molecule has 1 atom stereocenters. The number of carboxylic acids is 1. The second-order valence-electron chi connectivity index (χ2n) is 4.19. The van der Waals surface area contributed by atoms with Crippen molar-refractivity contribution in [2.24, 2.45) is 0 Å². The van der Waals surface area contributed by atoms with Gasteiger partial charge in [0.05, 0.1) is 12.9 Å². The van der Waals surface area contributed by atoms with E-state index in [1.165, 1.54) is 31.9 Å². The van der Waals surface area contributed by atoms with Gasteiger partial charge < -0.3 is 19.6 Å². The summed E-state index contributed by atoms with van der Waals surface area (Å²) < 4.78 is 9.80. The van der Waals surface area contributed by atoms with Gasteiger partial charge in [0.1, 0.15) is 11.8 Å². The monoisotopic (exact) mass is 315 g/mol. The third-order valence-electron chi connectivity index (χ3n) is 2.52. The maximum atomic E-state index is 11.2. The van der Waals surface area contributed by atoms with Crippen molar-refractivity contribution >= 4 is 29.6 Å². The van der Waals surface area contributed by atoms with Gasteiger partial charge in [0.2, 0.25) is 11.7 Å². The highest BCUT2D eigenvalue weighted by molar-refractivity contribution is 7.98. The van der Waals surface area contributed by atoms with Gasteiger partial charge in [0.25, 0.3) is 0 Å². The molecule has 1 aromatic heterocycles. The molecule has 0 aliphatic rings. The average Bonchev–Trinajstić information content (AvgIpc) is 2.89. The summed E-state index contributed by atoms with van der Waals surface area (Å²) in [6.45, 7) is 1.28. The fourth-order valence-corrected chi connectivity index (χ4v) is 2.45. The number of aliphatic carboxylic acids is 1. The number of amides is 1. The maximum absolute atomic E-state index is 11.2. The summed E-state index contributed by atoms with van der Waals surface area (Å²) >= 11 is 1.45. The van der Waals surface area contributed by atoms with Crippen LogP contribution in [-0.2, 0) is 20.1 Å². The number of nitrogens with one attached hydrogen (secondary N) is 1. The Balaban J connectivity index is 2.36. The van der Waals surface area contributed by atoms with Crippen molar-refractivity contribution in [3.05, 3.63) is 23.7 Å². The summed E-state index contributed by atoms with van der Waals surface area (Å²) in [7, 11) is 1.27. The Bertz CT molecular complexity index is 513. The normalized spacial score (nSPS) is 11.7. The van der Waals surface area contributed by atoms with Crippen LogP contribution in [0.1, 0.15) is 29.7 Å². The van der Waals surface area contributed by atoms with Gasteiger partial charge in [-0.25, -0.2) is 9.59 Å². The zero-order valence-corrected chi connectivity index (χ0v) is 12.6. The van der Waals surface area contributed by atoms with E-state index >= 15 is 0 Å². The molecule has 7 nitrogen and oxygen atoms in total. The lowest BCUT2D eigenvalue weighted by atomic mass is 10.2. The molecule has 2 N–H and O–H groups in total. The molecule has 1 heterocycles. The summed E-state index contributed by atoms with van der Waals surface area (Å²) in [5, 5.41) is 11.3. The molecule has 0 fully saturated rings. The Kier molecular flexibility index (Phi) is 6.80. The van der Waals surface area contributed by atoms with E-state index in [1.54, 1.807) is 6.07 Å². The number of carbonyl (C=O) groups is 3. The van der Waals surface area contributed by atoms with Gasteiger partial charge in [-0.05, 0) is 24.3 Å². The van der Waals surface area contributed by atoms with Gasteiger partial charge in [-0.15, -0.1) is 0 Å². The first-order valence-corrected chi connectivity index (χ1v) is 7.34. The van der Waals surface area contributed by atoms with Crippen molar-refractivity contribution in [3.63, 3.8) is 0 Å². The summed E-state index contributed by atoms with van der Waals surface area (Å²) in [4.78, 5) is 33.0. The molecular weight excluding hydrogens is 298 g/mol. The smallest absolute Gasteiger partial charge is 0.373 e. The molecule has 116 valence electrons. The van der Waals surface area contributed by atoms with Gasteiger partial charge in [0.15, 0.2) is 0 Å². The molecule has 0 spiro atoms. The van der Waals surface area contributed by atoms with Crippen molar-refractivity contribution in [3.8, 4) is 0 Å². The lowest BCUT2D eigenvalue weighted by Crippen LogP contribution is -2.39. The zero-order valence-electron chi connectivity index (χ0n) is 11.8. The number of carbonyl (C=O) groups excluding carboxylic acids is 2. The number of thioether (sulfide) groups is 1. The van der Waals surface area contributed by atoms with Gasteiger partial charge >= 0.3 is 11.9 Å². The van der Waals surface area contributed by atoms with Gasteiger partial charge in [0, 0.05) is 6.92 Å². The minimum Gasteiger partial charge on any atom is -0.480 e. The summed E-state index contributed by atoms with van der Waals surface area (Å²) in [5.41, 5.74) is 0. The Hall–Kier alpha value is -1.96. The van der Waals surface area contributed by atoms with E-state index in [4.69, 9.17) is 9.52 Å². The molecule has 21 heavy (non-hydrogen) atoms. The van der Waals surface area contributed by atoms with Crippen LogP contribution >= 0.6 is 11.8 Å². The van der Waals surface area contributed by atoms with Crippen LogP contribution in [0.25, 0.3) is 0 Å². The first-order valence-electron chi connectivity index (χ1n) is 6.18. The van der Waals surface area contributed by atoms with Crippen LogP contribution in [-0.4, -0.2) is 41.9 Å². The highest BCUT2D eigenvalue weighted by atomic mass is 32.2. The Labute approximate surface area is 126 Å². The van der Waals surface area contributed by atoms with E-state index in [9.17, 15) is 14.4 Å². The van der Waals surface area contributed by atoms with Crippen LogP contribution < -0.4 is 5.32 Å². The molecule has 8 heteroatoms. The van der Waals surface area contributed by atoms with Crippen molar-refractivity contribution in [2.75, 3.05) is 12.9 Å². The number of rotatable bonds is 8. The lowest BCUT2D eigenvalue weighted by Gasteiger charge is -2.12. The Morgan fingerprint density at radius 3 is 2.71 bits per heavy atom. The minimum absolute atomic E-state index is 0.134. The molecule has 1 rings (SSSR count). The number of carboxylic acid groups (broad SMARTS) is 1. The van der Waals surface area contributed by atoms with Crippen molar-refractivity contribution < 1.29 is 28.6 Å². The highest BCUT2D eigenvalue weighted by Gasteiger charge is 2.18. The van der Waals surface area contributed by atoms with Crippen LogP contribution in [0.4, 0.5) is 0 Å². The molecule has 0 bridgehead atoms. The van der Waals surface area contributed by atoms with E-state index in [1.807, 2.05) is 0 Å². The quantitative estimate of drug-likeness (QED) is 0.550. The topological polar surface area (TPSA) is 106 Å². The molecule has 0 aliphatic carbocycles. The predicted molar refractivity (Wildman–Crippen MR) is 76.1 cm³/mol. The zero-order chi connectivity index (χ0) is 15.8. The Morgan fingerprint density at radius 2 is 2.14 bits per heavy atom. The second-order valence-corrected chi connectivity index (χ2v) is 5.30. The van der Waals surface area contributed by atoms with E-state index in [0.29, 0.717) is 23.7 Å². The van der Waals surface area contributed by atoms with Gasteiger partial charge in [-0.1, -0.05) is 0 Å². The summed E-state index contributed by atoms with van der Waals surface area (Å²) in [6.07, 6.45) is 0.310. The van der Waals surface area contributed by atoms with Crippen molar-refractivity contribution in [1.82, 2.24) is 5.32 Å². The number of hydrogen-bond donors (Lipinski definition) is 2. The molecule has 1 unspecified atom stereocenters. The van der Waals surface area contributed by atoms with Crippen LogP contribution in [0, 0.1) is 0 Å². The predicted octanol–water partition coefficient (Wildman–Crippen LogP) is 1.28. The molecule has 1 amide bonds. The first kappa shape index (κ1) is 17.1. The van der Waals surface area contributed by atoms with Crippen molar-refractivity contribution in [1.29, 1.82) is 0 Å². The summed E-state index contributed by atoms with van der Waals surface area (Å²) in [5.74, 6) is -0.197. The SMILES string of the molecule is COC(=O)c1ccc(CSCCC(NC(C)=O)C(=O)O)o1. The second kappa shape index (κ2) is 8.35. The van der Waals surface area contributed by atoms with Crippen LogP contribution in [0.2, 0.25) is 0 Å². The van der Waals surface area contributed by atoms with Crippen LogP contribution in [0.3, 0.4) is 0 Å².